The Morgan fingerprint density at radius 1 is 1.21 bits per heavy atom. The number of rotatable bonds is 4. The van der Waals surface area contributed by atoms with Crippen LogP contribution in [0.15, 0.2) is 42.7 Å². The Labute approximate surface area is 109 Å². The van der Waals surface area contributed by atoms with E-state index in [1.54, 1.807) is 17.1 Å². The largest absolute Gasteiger partial charge is 0.307 e. The summed E-state index contributed by atoms with van der Waals surface area (Å²) in [5.41, 5.74) is 2.66. The summed E-state index contributed by atoms with van der Waals surface area (Å²) in [6.45, 7) is 0. The Hall–Kier alpha value is -2.54. The van der Waals surface area contributed by atoms with Gasteiger partial charge < -0.3 is 5.32 Å². The van der Waals surface area contributed by atoms with E-state index in [1.807, 2.05) is 37.4 Å². The zero-order valence-corrected chi connectivity index (χ0v) is 10.4. The summed E-state index contributed by atoms with van der Waals surface area (Å²) in [5.74, 6) is 0. The van der Waals surface area contributed by atoms with Gasteiger partial charge in [-0.15, -0.1) is 5.10 Å². The number of aromatic amines is 1. The minimum absolute atomic E-state index is 0.117. The monoisotopic (exact) mass is 255 g/mol. The third-order valence-electron chi connectivity index (χ3n) is 2.89. The topological polar surface area (TPSA) is 84.3 Å². The lowest BCUT2D eigenvalue weighted by molar-refractivity contribution is 0.617. The standard InChI is InChI=1S/C12H13N7/c1-13-12(10-7-14-17-16-10)11-8-15-18-19(11)9-5-3-2-4-6-9/h2-8,12-13H,1H3,(H,14,16,17). The third kappa shape index (κ3) is 2.11. The van der Waals surface area contributed by atoms with E-state index >= 15 is 0 Å². The van der Waals surface area contributed by atoms with Gasteiger partial charge in [-0.25, -0.2) is 4.68 Å². The van der Waals surface area contributed by atoms with Crippen LogP contribution in [0.5, 0.6) is 0 Å². The zero-order chi connectivity index (χ0) is 13.1. The van der Waals surface area contributed by atoms with Crippen LogP contribution in [0.1, 0.15) is 17.4 Å². The molecule has 1 atom stereocenters. The Kier molecular flexibility index (Phi) is 3.03. The van der Waals surface area contributed by atoms with Crippen LogP contribution in [0.4, 0.5) is 0 Å². The van der Waals surface area contributed by atoms with Crippen LogP contribution in [0.2, 0.25) is 0 Å². The number of H-pyrrole nitrogens is 1. The molecule has 7 nitrogen and oxygen atoms in total. The van der Waals surface area contributed by atoms with Gasteiger partial charge in [-0.2, -0.15) is 15.4 Å². The number of benzene rings is 1. The van der Waals surface area contributed by atoms with Crippen molar-refractivity contribution < 1.29 is 0 Å². The van der Waals surface area contributed by atoms with Gasteiger partial charge in [-0.3, -0.25) is 0 Å². The Balaban J connectivity index is 2.04. The highest BCUT2D eigenvalue weighted by atomic mass is 15.4. The van der Waals surface area contributed by atoms with Crippen LogP contribution < -0.4 is 5.32 Å². The van der Waals surface area contributed by atoms with Crippen molar-refractivity contribution in [3.63, 3.8) is 0 Å². The van der Waals surface area contributed by atoms with Crippen molar-refractivity contribution in [3.05, 3.63) is 54.1 Å². The lowest BCUT2D eigenvalue weighted by atomic mass is 10.1. The van der Waals surface area contributed by atoms with Crippen molar-refractivity contribution in [2.24, 2.45) is 0 Å². The molecule has 19 heavy (non-hydrogen) atoms. The van der Waals surface area contributed by atoms with Gasteiger partial charge in [0.15, 0.2) is 0 Å². The maximum atomic E-state index is 4.13. The Morgan fingerprint density at radius 3 is 2.74 bits per heavy atom. The number of hydrogen-bond donors (Lipinski definition) is 2. The first-order valence-electron chi connectivity index (χ1n) is 5.89. The molecule has 1 unspecified atom stereocenters. The van der Waals surface area contributed by atoms with Crippen LogP contribution >= 0.6 is 0 Å². The molecule has 0 fully saturated rings. The molecule has 2 heterocycles. The van der Waals surface area contributed by atoms with E-state index in [2.05, 4.69) is 31.0 Å². The average Bonchev–Trinajstić information content (AvgIpc) is 3.12. The highest BCUT2D eigenvalue weighted by Gasteiger charge is 2.20. The normalized spacial score (nSPS) is 12.5. The highest BCUT2D eigenvalue weighted by Crippen LogP contribution is 2.20. The zero-order valence-electron chi connectivity index (χ0n) is 10.4. The van der Waals surface area contributed by atoms with E-state index in [0.717, 1.165) is 17.1 Å². The van der Waals surface area contributed by atoms with Crippen LogP contribution in [-0.2, 0) is 0 Å². The molecule has 0 bridgehead atoms. The number of hydrogen-bond acceptors (Lipinski definition) is 5. The van der Waals surface area contributed by atoms with E-state index in [1.165, 1.54) is 0 Å². The van der Waals surface area contributed by atoms with Crippen molar-refractivity contribution in [3.8, 4) is 5.69 Å². The second-order valence-electron chi connectivity index (χ2n) is 4.02. The van der Waals surface area contributed by atoms with Gasteiger partial charge in [-0.1, -0.05) is 23.4 Å². The van der Waals surface area contributed by atoms with Gasteiger partial charge in [0.1, 0.15) is 5.69 Å². The quantitative estimate of drug-likeness (QED) is 0.716. The first-order chi connectivity index (χ1) is 9.40. The molecule has 3 rings (SSSR count). The summed E-state index contributed by atoms with van der Waals surface area (Å²) < 4.78 is 1.79. The Morgan fingerprint density at radius 2 is 2.05 bits per heavy atom. The third-order valence-corrected chi connectivity index (χ3v) is 2.89. The summed E-state index contributed by atoms with van der Waals surface area (Å²) in [6.07, 6.45) is 3.41. The number of nitrogens with one attached hydrogen (secondary N) is 2. The lowest BCUT2D eigenvalue weighted by Gasteiger charge is -2.14. The summed E-state index contributed by atoms with van der Waals surface area (Å²) in [5, 5.41) is 21.9. The van der Waals surface area contributed by atoms with Crippen LogP contribution in [-0.4, -0.2) is 37.5 Å². The number of aromatic nitrogens is 6. The molecule has 0 radical (unpaired) electrons. The number of para-hydroxylation sites is 1. The van der Waals surface area contributed by atoms with E-state index < -0.39 is 0 Å². The molecule has 2 N–H and O–H groups in total. The van der Waals surface area contributed by atoms with Crippen LogP contribution in [0, 0.1) is 0 Å². The van der Waals surface area contributed by atoms with Crippen molar-refractivity contribution in [1.29, 1.82) is 0 Å². The molecular formula is C12H13N7. The van der Waals surface area contributed by atoms with E-state index in [-0.39, 0.29) is 6.04 Å². The SMILES string of the molecule is CNC(c1cn[nH]n1)c1cnnn1-c1ccccc1. The van der Waals surface area contributed by atoms with Gasteiger partial charge in [0, 0.05) is 0 Å². The number of nitrogens with zero attached hydrogens (tertiary/aromatic N) is 5. The molecule has 2 aromatic heterocycles. The van der Waals surface area contributed by atoms with Crippen molar-refractivity contribution in [2.75, 3.05) is 7.05 Å². The average molecular weight is 255 g/mol. The molecule has 0 amide bonds. The minimum atomic E-state index is -0.117. The van der Waals surface area contributed by atoms with E-state index in [0.29, 0.717) is 0 Å². The summed E-state index contributed by atoms with van der Waals surface area (Å²) in [7, 11) is 1.86. The molecular weight excluding hydrogens is 242 g/mol. The first-order valence-corrected chi connectivity index (χ1v) is 5.89. The second-order valence-corrected chi connectivity index (χ2v) is 4.02. The van der Waals surface area contributed by atoms with Crippen molar-refractivity contribution in [1.82, 2.24) is 35.7 Å². The molecule has 0 saturated carbocycles. The molecule has 0 spiro atoms. The summed E-state index contributed by atoms with van der Waals surface area (Å²) in [6, 6.07) is 9.74. The van der Waals surface area contributed by atoms with Gasteiger partial charge in [0.25, 0.3) is 0 Å². The predicted octanol–water partition coefficient (Wildman–Crippen LogP) is 0.694. The van der Waals surface area contributed by atoms with Gasteiger partial charge in [0.05, 0.1) is 29.8 Å². The Bertz CT molecular complexity index is 629. The summed E-state index contributed by atoms with van der Waals surface area (Å²) >= 11 is 0. The fourth-order valence-electron chi connectivity index (χ4n) is 2.01. The smallest absolute Gasteiger partial charge is 0.106 e. The minimum Gasteiger partial charge on any atom is -0.307 e. The van der Waals surface area contributed by atoms with Gasteiger partial charge in [0.2, 0.25) is 0 Å². The van der Waals surface area contributed by atoms with Gasteiger partial charge in [-0.05, 0) is 19.2 Å². The van der Waals surface area contributed by atoms with Crippen molar-refractivity contribution in [2.45, 2.75) is 6.04 Å². The maximum Gasteiger partial charge on any atom is 0.106 e. The molecule has 3 aromatic rings. The second kappa shape index (κ2) is 4.99. The first kappa shape index (κ1) is 11.5. The molecule has 0 aliphatic rings. The van der Waals surface area contributed by atoms with Crippen LogP contribution in [0.25, 0.3) is 5.69 Å². The molecule has 0 aliphatic carbocycles. The molecule has 0 saturated heterocycles. The predicted molar refractivity (Wildman–Crippen MR) is 68.6 cm³/mol. The lowest BCUT2D eigenvalue weighted by Crippen LogP contribution is -2.21. The van der Waals surface area contributed by atoms with Crippen LogP contribution in [0.3, 0.4) is 0 Å². The van der Waals surface area contributed by atoms with Gasteiger partial charge >= 0.3 is 0 Å². The highest BCUT2D eigenvalue weighted by molar-refractivity contribution is 5.33. The molecule has 96 valence electrons. The maximum absolute atomic E-state index is 4.13. The summed E-state index contributed by atoms with van der Waals surface area (Å²) in [4.78, 5) is 0. The molecule has 0 aliphatic heterocycles. The van der Waals surface area contributed by atoms with E-state index in [4.69, 9.17) is 0 Å². The molecule has 7 heteroatoms. The molecule has 1 aromatic carbocycles. The fourth-order valence-corrected chi connectivity index (χ4v) is 2.01. The fraction of sp³-hybridized carbons (Fsp3) is 0.167. The van der Waals surface area contributed by atoms with E-state index in [9.17, 15) is 0 Å². The van der Waals surface area contributed by atoms with Crippen molar-refractivity contribution >= 4 is 0 Å².